The van der Waals surface area contributed by atoms with Crippen LogP contribution in [0.3, 0.4) is 0 Å². The molecule has 1 aliphatic heterocycles. The number of hydrogen-bond acceptors (Lipinski definition) is 6. The van der Waals surface area contributed by atoms with E-state index in [1.807, 2.05) is 11.9 Å². The number of methoxy groups -OCH3 is 1. The lowest BCUT2D eigenvalue weighted by molar-refractivity contribution is 0.0690. The topological polar surface area (TPSA) is 83.7 Å². The zero-order chi connectivity index (χ0) is 16.4. The Morgan fingerprint density at radius 2 is 1.78 bits per heavy atom. The molecule has 1 fully saturated rings. The number of carboxylic acids is 1. The summed E-state index contributed by atoms with van der Waals surface area (Å²) in [5.74, 6) is 0.0683. The predicted octanol–water partition coefficient (Wildman–Crippen LogP) is 0.726. The minimum atomic E-state index is -1.07. The number of ether oxygens (including phenoxy) is 1. The van der Waals surface area contributed by atoms with E-state index in [1.165, 1.54) is 4.80 Å². The van der Waals surface area contributed by atoms with Crippen LogP contribution in [-0.2, 0) is 0 Å². The van der Waals surface area contributed by atoms with Crippen LogP contribution in [0.4, 0.5) is 5.82 Å². The van der Waals surface area contributed by atoms with Crippen LogP contribution in [0.15, 0.2) is 24.3 Å². The fraction of sp³-hybridized carbons (Fsp3) is 0.400. The van der Waals surface area contributed by atoms with E-state index in [0.717, 1.165) is 31.9 Å². The van der Waals surface area contributed by atoms with E-state index in [2.05, 4.69) is 15.1 Å². The molecule has 0 unspecified atom stereocenters. The maximum Gasteiger partial charge on any atom is 0.360 e. The largest absolute Gasteiger partial charge is 0.497 e. The number of aromatic carboxylic acids is 1. The Labute approximate surface area is 133 Å². The van der Waals surface area contributed by atoms with Crippen LogP contribution >= 0.6 is 0 Å². The Morgan fingerprint density at radius 1 is 1.13 bits per heavy atom. The molecule has 122 valence electrons. The van der Waals surface area contributed by atoms with Crippen LogP contribution in [0, 0.1) is 0 Å². The van der Waals surface area contributed by atoms with Gasteiger partial charge in [0.25, 0.3) is 0 Å². The summed E-state index contributed by atoms with van der Waals surface area (Å²) in [6, 6.07) is 7.15. The van der Waals surface area contributed by atoms with Crippen LogP contribution in [0.2, 0.25) is 0 Å². The van der Waals surface area contributed by atoms with Crippen LogP contribution in [0.5, 0.6) is 5.75 Å². The standard InChI is InChI=1S/C15H19N5O3/c1-18-7-9-19(10-8-18)14-13(15(21)22)16-20(17-14)11-3-5-12(23-2)6-4-11/h3-6H,7-10H2,1-2H3,(H,21,22). The van der Waals surface area contributed by atoms with Crippen LogP contribution in [0.25, 0.3) is 5.69 Å². The van der Waals surface area contributed by atoms with Gasteiger partial charge in [-0.2, -0.15) is 0 Å². The molecule has 0 amide bonds. The molecular weight excluding hydrogens is 298 g/mol. The molecule has 1 aromatic heterocycles. The van der Waals surface area contributed by atoms with Gasteiger partial charge in [-0.05, 0) is 31.3 Å². The highest BCUT2D eigenvalue weighted by molar-refractivity contribution is 5.91. The molecule has 23 heavy (non-hydrogen) atoms. The summed E-state index contributed by atoms with van der Waals surface area (Å²) in [5.41, 5.74) is 0.666. The molecule has 0 saturated carbocycles. The Hall–Kier alpha value is -2.61. The third-order valence-electron chi connectivity index (χ3n) is 3.90. The first-order valence-corrected chi connectivity index (χ1v) is 7.37. The van der Waals surface area contributed by atoms with Gasteiger partial charge < -0.3 is 19.6 Å². The molecule has 1 aliphatic rings. The second-order valence-corrected chi connectivity index (χ2v) is 5.46. The van der Waals surface area contributed by atoms with Gasteiger partial charge in [-0.25, -0.2) is 4.79 Å². The van der Waals surface area contributed by atoms with Crippen LogP contribution < -0.4 is 9.64 Å². The van der Waals surface area contributed by atoms with E-state index < -0.39 is 5.97 Å². The number of piperazine rings is 1. The monoisotopic (exact) mass is 317 g/mol. The minimum absolute atomic E-state index is 0.0228. The summed E-state index contributed by atoms with van der Waals surface area (Å²) in [6.07, 6.45) is 0. The van der Waals surface area contributed by atoms with Crippen molar-refractivity contribution in [1.29, 1.82) is 0 Å². The van der Waals surface area contributed by atoms with E-state index in [4.69, 9.17) is 4.74 Å². The Morgan fingerprint density at radius 3 is 2.35 bits per heavy atom. The lowest BCUT2D eigenvalue weighted by atomic mass is 10.3. The zero-order valence-corrected chi connectivity index (χ0v) is 13.1. The van der Waals surface area contributed by atoms with Crippen molar-refractivity contribution in [2.45, 2.75) is 0 Å². The molecule has 8 nitrogen and oxygen atoms in total. The highest BCUT2D eigenvalue weighted by Gasteiger charge is 2.25. The quantitative estimate of drug-likeness (QED) is 0.889. The number of aromatic nitrogens is 3. The number of nitrogens with zero attached hydrogens (tertiary/aromatic N) is 5. The minimum Gasteiger partial charge on any atom is -0.497 e. The van der Waals surface area contributed by atoms with E-state index in [1.54, 1.807) is 31.4 Å². The number of hydrogen-bond donors (Lipinski definition) is 1. The molecule has 0 aliphatic carbocycles. The molecule has 2 heterocycles. The molecule has 0 bridgehead atoms. The van der Waals surface area contributed by atoms with Gasteiger partial charge in [0, 0.05) is 26.2 Å². The number of carbonyl (C=O) groups is 1. The molecule has 1 saturated heterocycles. The third-order valence-corrected chi connectivity index (χ3v) is 3.90. The average molecular weight is 317 g/mol. The zero-order valence-electron chi connectivity index (χ0n) is 13.1. The summed E-state index contributed by atoms with van der Waals surface area (Å²) in [7, 11) is 3.64. The van der Waals surface area contributed by atoms with E-state index in [0.29, 0.717) is 11.5 Å². The molecule has 8 heteroatoms. The van der Waals surface area contributed by atoms with Crippen LogP contribution in [0.1, 0.15) is 10.5 Å². The highest BCUT2D eigenvalue weighted by atomic mass is 16.5. The van der Waals surface area contributed by atoms with Gasteiger partial charge >= 0.3 is 5.97 Å². The molecule has 0 radical (unpaired) electrons. The van der Waals surface area contributed by atoms with E-state index in [9.17, 15) is 9.90 Å². The van der Waals surface area contributed by atoms with Crippen LogP contribution in [-0.4, -0.2) is 71.3 Å². The molecule has 1 aromatic carbocycles. The van der Waals surface area contributed by atoms with Gasteiger partial charge in [0.2, 0.25) is 5.69 Å². The molecular formula is C15H19N5O3. The number of carboxylic acid groups (broad SMARTS) is 1. The highest BCUT2D eigenvalue weighted by Crippen LogP contribution is 2.20. The fourth-order valence-corrected chi connectivity index (χ4v) is 2.50. The number of anilines is 1. The number of likely N-dealkylation sites (N-methyl/N-ethyl adjacent to an activating group) is 1. The fourth-order valence-electron chi connectivity index (χ4n) is 2.50. The normalized spacial score (nSPS) is 15.7. The summed E-state index contributed by atoms with van der Waals surface area (Å²) < 4.78 is 5.12. The molecule has 0 spiro atoms. The van der Waals surface area contributed by atoms with E-state index >= 15 is 0 Å². The molecule has 3 rings (SSSR count). The van der Waals surface area contributed by atoms with Gasteiger partial charge in [-0.3, -0.25) is 0 Å². The van der Waals surface area contributed by atoms with Gasteiger partial charge in [-0.15, -0.1) is 15.0 Å². The number of rotatable bonds is 4. The van der Waals surface area contributed by atoms with Crippen molar-refractivity contribution in [2.24, 2.45) is 0 Å². The SMILES string of the molecule is COc1ccc(-n2nc(C(=O)O)c(N3CCN(C)CC3)n2)cc1. The van der Waals surface area contributed by atoms with Crippen molar-refractivity contribution in [2.75, 3.05) is 45.2 Å². The Kier molecular flexibility index (Phi) is 4.16. The summed E-state index contributed by atoms with van der Waals surface area (Å²) in [6.45, 7) is 3.21. The summed E-state index contributed by atoms with van der Waals surface area (Å²) in [5, 5.41) is 18.0. The van der Waals surface area contributed by atoms with Crippen molar-refractivity contribution in [1.82, 2.24) is 19.9 Å². The lowest BCUT2D eigenvalue weighted by Gasteiger charge is -2.32. The van der Waals surface area contributed by atoms with Gasteiger partial charge in [-0.1, -0.05) is 0 Å². The van der Waals surface area contributed by atoms with Crippen molar-refractivity contribution in [3.8, 4) is 11.4 Å². The summed E-state index contributed by atoms with van der Waals surface area (Å²) >= 11 is 0. The first-order chi connectivity index (χ1) is 11.1. The Balaban J connectivity index is 1.93. The summed E-state index contributed by atoms with van der Waals surface area (Å²) in [4.78, 5) is 17.0. The van der Waals surface area contributed by atoms with Crippen molar-refractivity contribution in [3.63, 3.8) is 0 Å². The first kappa shape index (κ1) is 15.3. The second kappa shape index (κ2) is 6.25. The molecule has 0 atom stereocenters. The second-order valence-electron chi connectivity index (χ2n) is 5.46. The van der Waals surface area contributed by atoms with Gasteiger partial charge in [0.1, 0.15) is 5.75 Å². The molecule has 1 N–H and O–H groups in total. The maximum absolute atomic E-state index is 11.5. The number of benzene rings is 1. The first-order valence-electron chi connectivity index (χ1n) is 7.37. The van der Waals surface area contributed by atoms with Crippen molar-refractivity contribution >= 4 is 11.8 Å². The van der Waals surface area contributed by atoms with Gasteiger partial charge in [0.05, 0.1) is 12.8 Å². The maximum atomic E-state index is 11.5. The molecule has 2 aromatic rings. The third kappa shape index (κ3) is 3.11. The van der Waals surface area contributed by atoms with Crippen molar-refractivity contribution < 1.29 is 14.6 Å². The Bertz CT molecular complexity index is 690. The van der Waals surface area contributed by atoms with E-state index in [-0.39, 0.29) is 5.69 Å². The van der Waals surface area contributed by atoms with Gasteiger partial charge in [0.15, 0.2) is 5.82 Å². The smallest absolute Gasteiger partial charge is 0.360 e. The average Bonchev–Trinajstić information content (AvgIpc) is 3.01. The predicted molar refractivity (Wildman–Crippen MR) is 84.6 cm³/mol. The lowest BCUT2D eigenvalue weighted by Crippen LogP contribution is -2.45. The van der Waals surface area contributed by atoms with Crippen molar-refractivity contribution in [3.05, 3.63) is 30.0 Å².